The average molecular weight is 746 g/mol. The maximum Gasteiger partial charge on any atom is 0.164 e. The number of hydrogen-bond donors (Lipinski definition) is 0. The number of thioether (sulfide) groups is 1. The van der Waals surface area contributed by atoms with Crippen molar-refractivity contribution in [3.63, 3.8) is 0 Å². The molecule has 256 valence electrons. The van der Waals surface area contributed by atoms with Gasteiger partial charge in [0.05, 0.1) is 21.4 Å². The lowest BCUT2D eigenvalue weighted by molar-refractivity contribution is 0.453. The molecule has 4 aromatic heterocycles. The first-order valence-corrected chi connectivity index (χ1v) is 21.5. The number of para-hydroxylation sites is 1. The van der Waals surface area contributed by atoms with Gasteiger partial charge in [-0.3, -0.25) is 4.57 Å². The van der Waals surface area contributed by atoms with E-state index in [-0.39, 0.29) is 0 Å². The van der Waals surface area contributed by atoms with Gasteiger partial charge in [-0.2, -0.15) is 0 Å². The number of thiophene rings is 2. The van der Waals surface area contributed by atoms with Crippen molar-refractivity contribution >= 4 is 118 Å². The Bertz CT molecular complexity index is 3400. The van der Waals surface area contributed by atoms with E-state index in [1.165, 1.54) is 121 Å². The van der Waals surface area contributed by atoms with Gasteiger partial charge >= 0.3 is 0 Å². The number of fused-ring (bicyclic) bond motifs is 18. The maximum atomic E-state index is 5.90. The predicted molar refractivity (Wildman–Crippen MR) is 233 cm³/mol. The molecule has 1 saturated carbocycles. The van der Waals surface area contributed by atoms with E-state index in [4.69, 9.17) is 9.97 Å². The number of rotatable bonds is 2. The van der Waals surface area contributed by atoms with Crippen LogP contribution in [0.25, 0.3) is 101 Å². The molecule has 0 bridgehead atoms. The van der Waals surface area contributed by atoms with Gasteiger partial charge in [-0.1, -0.05) is 128 Å². The first-order chi connectivity index (χ1) is 26.8. The molecular weight excluding hydrogens is 715 g/mol. The minimum Gasteiger partial charge on any atom is -0.290 e. The highest BCUT2D eigenvalue weighted by atomic mass is 32.2. The van der Waals surface area contributed by atoms with Gasteiger partial charge < -0.3 is 0 Å². The molecule has 2 atom stereocenters. The highest BCUT2D eigenvalue weighted by molar-refractivity contribution is 8.00. The number of hydrogen-bond acceptors (Lipinski definition) is 5. The SMILES string of the molecule is c1ccc2c(c1)ccc1c2sc2c1c1ccccc1c1c3ccccc3n(-c3nc4c(nc3-c3cccc5c3sc3ccccc35)SC3CCCCC43)c21. The molecule has 5 heterocycles. The number of benzene rings is 7. The van der Waals surface area contributed by atoms with Gasteiger partial charge in [0.25, 0.3) is 0 Å². The molecule has 1 aliphatic carbocycles. The van der Waals surface area contributed by atoms with E-state index in [0.29, 0.717) is 11.2 Å². The van der Waals surface area contributed by atoms with Crippen LogP contribution in [-0.4, -0.2) is 19.8 Å². The van der Waals surface area contributed by atoms with Gasteiger partial charge in [0.2, 0.25) is 0 Å². The zero-order valence-corrected chi connectivity index (χ0v) is 31.6. The Morgan fingerprint density at radius 2 is 1.28 bits per heavy atom. The van der Waals surface area contributed by atoms with Crippen LogP contribution in [0.1, 0.15) is 37.3 Å². The Morgan fingerprint density at radius 1 is 0.537 bits per heavy atom. The Morgan fingerprint density at radius 3 is 2.19 bits per heavy atom. The molecular formula is C48H31N3S3. The van der Waals surface area contributed by atoms with Crippen LogP contribution in [0.4, 0.5) is 0 Å². The molecule has 2 aliphatic rings. The Kier molecular flexibility index (Phi) is 6.21. The van der Waals surface area contributed by atoms with Crippen molar-refractivity contribution in [2.75, 3.05) is 0 Å². The second-order valence-corrected chi connectivity index (χ2v) is 18.3. The third-order valence-corrected chi connectivity index (χ3v) is 16.1. The van der Waals surface area contributed by atoms with E-state index in [9.17, 15) is 0 Å². The van der Waals surface area contributed by atoms with Gasteiger partial charge in [-0.05, 0) is 46.5 Å². The molecule has 54 heavy (non-hydrogen) atoms. The highest BCUT2D eigenvalue weighted by Gasteiger charge is 2.39. The zero-order valence-electron chi connectivity index (χ0n) is 29.2. The van der Waals surface area contributed by atoms with Crippen LogP contribution >= 0.6 is 34.4 Å². The van der Waals surface area contributed by atoms with Crippen molar-refractivity contribution in [2.24, 2.45) is 0 Å². The first-order valence-electron chi connectivity index (χ1n) is 19.0. The van der Waals surface area contributed by atoms with Crippen LogP contribution < -0.4 is 0 Å². The van der Waals surface area contributed by atoms with Crippen molar-refractivity contribution in [1.82, 2.24) is 14.5 Å². The van der Waals surface area contributed by atoms with Crippen LogP contribution in [0.5, 0.6) is 0 Å². The van der Waals surface area contributed by atoms with Gasteiger partial charge in [0.1, 0.15) is 10.7 Å². The summed E-state index contributed by atoms with van der Waals surface area (Å²) < 4.78 is 7.75. The molecule has 1 aliphatic heterocycles. The van der Waals surface area contributed by atoms with E-state index in [2.05, 4.69) is 132 Å². The van der Waals surface area contributed by atoms with E-state index in [1.807, 2.05) is 34.4 Å². The normalized spacial score (nSPS) is 17.3. The lowest BCUT2D eigenvalue weighted by atomic mass is 9.87. The molecule has 0 amide bonds. The summed E-state index contributed by atoms with van der Waals surface area (Å²) in [5.74, 6) is 1.40. The highest BCUT2D eigenvalue weighted by Crippen LogP contribution is 2.54. The van der Waals surface area contributed by atoms with E-state index in [1.54, 1.807) is 0 Å². The van der Waals surface area contributed by atoms with Crippen molar-refractivity contribution < 1.29 is 0 Å². The first kappa shape index (κ1) is 30.1. The van der Waals surface area contributed by atoms with Gasteiger partial charge in [-0.25, -0.2) is 9.97 Å². The molecule has 0 N–H and O–H groups in total. The Balaban J connectivity index is 1.24. The quantitative estimate of drug-likeness (QED) is 0.177. The second-order valence-electron chi connectivity index (χ2n) is 15.0. The Hall–Kier alpha value is -5.27. The minimum atomic E-state index is 0.448. The molecule has 2 unspecified atom stereocenters. The summed E-state index contributed by atoms with van der Waals surface area (Å²) in [7, 11) is 0. The molecule has 0 radical (unpaired) electrons. The largest absolute Gasteiger partial charge is 0.290 e. The fourth-order valence-corrected chi connectivity index (χ4v) is 13.9. The van der Waals surface area contributed by atoms with Crippen molar-refractivity contribution in [3.05, 3.63) is 133 Å². The fourth-order valence-electron chi connectivity index (χ4n) is 9.84. The van der Waals surface area contributed by atoms with Crippen LogP contribution in [0.3, 0.4) is 0 Å². The molecule has 11 aromatic rings. The molecule has 3 nitrogen and oxygen atoms in total. The smallest absolute Gasteiger partial charge is 0.164 e. The molecule has 1 fully saturated rings. The van der Waals surface area contributed by atoms with E-state index < -0.39 is 0 Å². The molecule has 13 rings (SSSR count). The van der Waals surface area contributed by atoms with Gasteiger partial charge in [0, 0.05) is 63.1 Å². The average Bonchev–Trinajstić information content (AvgIpc) is 3.99. The Labute approximate surface area is 322 Å². The van der Waals surface area contributed by atoms with Crippen molar-refractivity contribution in [2.45, 2.75) is 41.9 Å². The van der Waals surface area contributed by atoms with E-state index in [0.717, 1.165) is 16.5 Å². The molecule has 0 spiro atoms. The third kappa shape index (κ3) is 3.98. The predicted octanol–water partition coefficient (Wildman–Crippen LogP) is 14.4. The van der Waals surface area contributed by atoms with Crippen LogP contribution in [0.15, 0.2) is 132 Å². The van der Waals surface area contributed by atoms with Crippen LogP contribution in [0.2, 0.25) is 0 Å². The van der Waals surface area contributed by atoms with Gasteiger partial charge in [-0.15, -0.1) is 34.4 Å². The standard InChI is InChI=1S/C48H31N3S3/c1-2-13-27-26(12-1)24-25-34-40-30-16-4-3-15-29(30)39-32-17-5-8-21-36(32)51(43(39)46(40)54-44(27)34)47-41(50-48-42(49-47)33-18-7-10-23-38(33)53-48)35-20-11-19-31-28-14-6-9-22-37(28)52-45(31)35/h1-6,8-9,11-17,19-22,24-25,33,38H,7,10,18,23H2. The van der Waals surface area contributed by atoms with Crippen LogP contribution in [-0.2, 0) is 0 Å². The molecule has 0 saturated heterocycles. The third-order valence-electron chi connectivity index (χ3n) is 12.2. The maximum absolute atomic E-state index is 5.90. The molecule has 6 heteroatoms. The van der Waals surface area contributed by atoms with Crippen molar-refractivity contribution in [1.29, 1.82) is 0 Å². The summed E-state index contributed by atoms with van der Waals surface area (Å²) >= 11 is 5.80. The summed E-state index contributed by atoms with van der Waals surface area (Å²) in [5, 5.41) is 14.7. The van der Waals surface area contributed by atoms with E-state index >= 15 is 0 Å². The summed E-state index contributed by atoms with van der Waals surface area (Å²) in [5.41, 5.74) is 5.77. The number of aromatic nitrogens is 3. The fraction of sp³-hybridized carbons (Fsp3) is 0.125. The second kappa shape index (κ2) is 11.1. The van der Waals surface area contributed by atoms with Gasteiger partial charge in [0.15, 0.2) is 5.82 Å². The number of nitrogens with zero attached hydrogens (tertiary/aromatic N) is 3. The lowest BCUT2D eigenvalue weighted by Crippen LogP contribution is -2.16. The topological polar surface area (TPSA) is 30.7 Å². The molecule has 7 aromatic carbocycles. The lowest BCUT2D eigenvalue weighted by Gasteiger charge is -2.23. The van der Waals surface area contributed by atoms with Crippen molar-refractivity contribution in [3.8, 4) is 17.1 Å². The summed E-state index contributed by atoms with van der Waals surface area (Å²) in [6.45, 7) is 0. The summed E-state index contributed by atoms with van der Waals surface area (Å²) in [6, 6.07) is 47.1. The minimum absolute atomic E-state index is 0.448. The summed E-state index contributed by atoms with van der Waals surface area (Å²) in [6.07, 6.45) is 4.98. The zero-order chi connectivity index (χ0) is 35.1. The monoisotopic (exact) mass is 745 g/mol. The summed E-state index contributed by atoms with van der Waals surface area (Å²) in [4.78, 5) is 11.7. The van der Waals surface area contributed by atoms with Crippen LogP contribution in [0, 0.1) is 0 Å².